The summed E-state index contributed by atoms with van der Waals surface area (Å²) in [7, 11) is 0. The lowest BCUT2D eigenvalue weighted by Crippen LogP contribution is -3.00. The van der Waals surface area contributed by atoms with Crippen molar-refractivity contribution in [1.82, 2.24) is 4.98 Å². The van der Waals surface area contributed by atoms with Crippen molar-refractivity contribution in [2.75, 3.05) is 0 Å². The number of ketones is 1. The molecule has 0 aliphatic rings. The molecule has 0 bridgehead atoms. The highest BCUT2D eigenvalue weighted by molar-refractivity contribution is 5.94. The van der Waals surface area contributed by atoms with Gasteiger partial charge in [0.2, 0.25) is 5.78 Å². The summed E-state index contributed by atoms with van der Waals surface area (Å²) in [5.74, 6) is 0.546. The molecule has 0 spiro atoms. The molecule has 1 heterocycles. The number of carbonyl (C=O) groups excluding carboxylic acids is 1. The minimum atomic E-state index is -0.331. The Kier molecular flexibility index (Phi) is 4.57. The first-order valence-electron chi connectivity index (χ1n) is 4.99. The molecule has 2 aromatic rings. The largest absolute Gasteiger partial charge is 1.00 e. The summed E-state index contributed by atoms with van der Waals surface area (Å²) in [5.41, 5.74) is 0.523. The number of nitrogens with one attached hydrogen (secondary N) is 1. The summed E-state index contributed by atoms with van der Waals surface area (Å²) >= 11 is 0. The van der Waals surface area contributed by atoms with Crippen LogP contribution in [0.3, 0.4) is 0 Å². The molecule has 5 heteroatoms. The Morgan fingerprint density at radius 1 is 1.35 bits per heavy atom. The third-order valence-corrected chi connectivity index (χ3v) is 2.46. The molecule has 0 saturated carbocycles. The zero-order valence-corrected chi connectivity index (χ0v) is 10.9. The minimum Gasteiger partial charge on any atom is -1.00 e. The molecule has 3 nitrogen and oxygen atoms in total. The van der Waals surface area contributed by atoms with Gasteiger partial charge in [-0.1, -0.05) is 0 Å². The SMILES string of the molecule is Cc1[nH]cc[n+]1CC(=O)c1ccc(F)cc1.[Br-]. The van der Waals surface area contributed by atoms with Gasteiger partial charge in [-0.25, -0.2) is 13.9 Å². The number of aromatic amines is 1. The van der Waals surface area contributed by atoms with Gasteiger partial charge in [0.1, 0.15) is 18.2 Å². The Morgan fingerprint density at radius 3 is 2.53 bits per heavy atom. The van der Waals surface area contributed by atoms with Crippen molar-refractivity contribution < 1.29 is 30.7 Å². The maximum atomic E-state index is 12.7. The predicted molar refractivity (Wildman–Crippen MR) is 56.5 cm³/mol. The fourth-order valence-corrected chi connectivity index (χ4v) is 1.50. The van der Waals surface area contributed by atoms with E-state index in [4.69, 9.17) is 0 Å². The van der Waals surface area contributed by atoms with Crippen LogP contribution >= 0.6 is 0 Å². The second-order valence-electron chi connectivity index (χ2n) is 3.60. The zero-order chi connectivity index (χ0) is 11.5. The van der Waals surface area contributed by atoms with Crippen molar-refractivity contribution in [1.29, 1.82) is 0 Å². The van der Waals surface area contributed by atoms with Crippen LogP contribution in [0.25, 0.3) is 0 Å². The fourth-order valence-electron chi connectivity index (χ4n) is 1.50. The van der Waals surface area contributed by atoms with Crippen LogP contribution in [0.2, 0.25) is 0 Å². The number of aryl methyl sites for hydroxylation is 1. The molecule has 0 aliphatic carbocycles. The summed E-state index contributed by atoms with van der Waals surface area (Å²) in [6, 6.07) is 5.59. The molecule has 1 aromatic carbocycles. The van der Waals surface area contributed by atoms with Crippen molar-refractivity contribution in [3.63, 3.8) is 0 Å². The number of hydrogen-bond donors (Lipinski definition) is 1. The maximum absolute atomic E-state index is 12.7. The van der Waals surface area contributed by atoms with Crippen LogP contribution in [0.4, 0.5) is 4.39 Å². The number of hydrogen-bond acceptors (Lipinski definition) is 1. The maximum Gasteiger partial charge on any atom is 0.251 e. The van der Waals surface area contributed by atoms with Crippen molar-refractivity contribution in [3.8, 4) is 0 Å². The van der Waals surface area contributed by atoms with E-state index in [0.717, 1.165) is 5.82 Å². The highest BCUT2D eigenvalue weighted by Crippen LogP contribution is 2.03. The van der Waals surface area contributed by atoms with E-state index in [9.17, 15) is 9.18 Å². The topological polar surface area (TPSA) is 36.7 Å². The van der Waals surface area contributed by atoms with Gasteiger partial charge in [-0.2, -0.15) is 0 Å². The molecule has 2 rings (SSSR count). The number of carbonyl (C=O) groups is 1. The number of benzene rings is 1. The van der Waals surface area contributed by atoms with Crippen molar-refractivity contribution >= 4 is 5.78 Å². The van der Waals surface area contributed by atoms with Crippen molar-refractivity contribution in [2.45, 2.75) is 13.5 Å². The highest BCUT2D eigenvalue weighted by atomic mass is 79.9. The van der Waals surface area contributed by atoms with Crippen molar-refractivity contribution in [3.05, 3.63) is 53.9 Å². The van der Waals surface area contributed by atoms with Gasteiger partial charge in [-0.05, 0) is 24.3 Å². The van der Waals surface area contributed by atoms with Gasteiger partial charge in [-0.15, -0.1) is 0 Å². The number of H-pyrrole nitrogens is 1. The first kappa shape index (κ1) is 13.6. The number of rotatable bonds is 3. The van der Waals surface area contributed by atoms with Crippen LogP contribution < -0.4 is 21.5 Å². The van der Waals surface area contributed by atoms with E-state index in [1.165, 1.54) is 24.3 Å². The first-order valence-corrected chi connectivity index (χ1v) is 4.99. The molecule has 0 saturated heterocycles. The van der Waals surface area contributed by atoms with E-state index < -0.39 is 0 Å². The minimum absolute atomic E-state index is 0. The summed E-state index contributed by atoms with van der Waals surface area (Å²) in [5, 5.41) is 0. The number of imidazole rings is 1. The quantitative estimate of drug-likeness (QED) is 0.551. The lowest BCUT2D eigenvalue weighted by atomic mass is 10.1. The molecule has 1 N–H and O–H groups in total. The highest BCUT2D eigenvalue weighted by Gasteiger charge is 2.12. The lowest BCUT2D eigenvalue weighted by molar-refractivity contribution is -0.687. The molecule has 1 aromatic heterocycles. The average molecular weight is 299 g/mol. The van der Waals surface area contributed by atoms with E-state index in [1.807, 2.05) is 11.5 Å². The van der Waals surface area contributed by atoms with E-state index >= 15 is 0 Å². The normalized spacial score (nSPS) is 9.76. The van der Waals surface area contributed by atoms with Gasteiger partial charge in [0.25, 0.3) is 5.82 Å². The Morgan fingerprint density at radius 2 is 2.00 bits per heavy atom. The zero-order valence-electron chi connectivity index (χ0n) is 9.28. The fraction of sp³-hybridized carbons (Fsp3) is 0.167. The second kappa shape index (κ2) is 5.72. The molecule has 0 fully saturated rings. The molecule has 0 radical (unpaired) electrons. The van der Waals surface area contributed by atoms with Crippen LogP contribution in [0.5, 0.6) is 0 Å². The van der Waals surface area contributed by atoms with E-state index in [0.29, 0.717) is 5.56 Å². The first-order chi connectivity index (χ1) is 7.66. The summed E-state index contributed by atoms with van der Waals surface area (Å²) in [6.45, 7) is 2.15. The van der Waals surface area contributed by atoms with Gasteiger partial charge < -0.3 is 17.0 Å². The van der Waals surface area contributed by atoms with Gasteiger partial charge in [0.05, 0.1) is 0 Å². The smallest absolute Gasteiger partial charge is 0.251 e. The monoisotopic (exact) mass is 298 g/mol. The van der Waals surface area contributed by atoms with Crippen LogP contribution in [0, 0.1) is 12.7 Å². The standard InChI is InChI=1S/C12H11FN2O.BrH/c1-9-14-6-7-15(9)8-12(16)10-2-4-11(13)5-3-10;/h2-7H,8H2,1H3;1H. The van der Waals surface area contributed by atoms with E-state index in [-0.39, 0.29) is 35.1 Å². The van der Waals surface area contributed by atoms with E-state index in [1.54, 1.807) is 12.4 Å². The third-order valence-electron chi connectivity index (χ3n) is 2.46. The van der Waals surface area contributed by atoms with Crippen molar-refractivity contribution in [2.24, 2.45) is 0 Å². The van der Waals surface area contributed by atoms with Crippen LogP contribution in [-0.4, -0.2) is 10.8 Å². The molecule has 0 unspecified atom stereocenters. The van der Waals surface area contributed by atoms with Crippen LogP contribution in [0.1, 0.15) is 16.2 Å². The molecule has 0 aliphatic heterocycles. The predicted octanol–water partition coefficient (Wildman–Crippen LogP) is -1.36. The van der Waals surface area contributed by atoms with Crippen LogP contribution in [-0.2, 0) is 6.54 Å². The molecule has 0 amide bonds. The molecule has 90 valence electrons. The Labute approximate surface area is 109 Å². The summed E-state index contributed by atoms with van der Waals surface area (Å²) in [4.78, 5) is 14.8. The lowest BCUT2D eigenvalue weighted by Gasteiger charge is -1.99. The van der Waals surface area contributed by atoms with Gasteiger partial charge >= 0.3 is 0 Å². The second-order valence-corrected chi connectivity index (χ2v) is 3.60. The Hall–Kier alpha value is -1.49. The van der Waals surface area contributed by atoms with Gasteiger partial charge in [-0.3, -0.25) is 4.79 Å². The number of Topliss-reactive ketones (excluding diaryl/α,β-unsaturated/α-hetero) is 1. The summed E-state index contributed by atoms with van der Waals surface area (Å²) in [6.07, 6.45) is 3.57. The Bertz CT molecular complexity index is 507. The number of halogens is 2. The molecule has 0 atom stereocenters. The van der Waals surface area contributed by atoms with Crippen LogP contribution in [0.15, 0.2) is 36.7 Å². The molecular formula is C12H12BrFN2O. The number of nitrogens with zero attached hydrogens (tertiary/aromatic N) is 1. The van der Waals surface area contributed by atoms with Gasteiger partial charge in [0, 0.05) is 12.5 Å². The number of aromatic nitrogens is 2. The van der Waals surface area contributed by atoms with Gasteiger partial charge in [0.15, 0.2) is 6.54 Å². The average Bonchev–Trinajstić information content (AvgIpc) is 2.65. The van der Waals surface area contributed by atoms with E-state index in [2.05, 4.69) is 4.98 Å². The molecule has 17 heavy (non-hydrogen) atoms. The third kappa shape index (κ3) is 3.23. The Balaban J connectivity index is 0.00000144. The summed E-state index contributed by atoms with van der Waals surface area (Å²) < 4.78 is 14.5. The molecular weight excluding hydrogens is 287 g/mol.